The molecular weight excluding hydrogens is 220 g/mol. The van der Waals surface area contributed by atoms with E-state index in [-0.39, 0.29) is 5.54 Å². The molecule has 0 N–H and O–H groups in total. The van der Waals surface area contributed by atoms with Crippen molar-refractivity contribution in [2.75, 3.05) is 32.7 Å². The Morgan fingerprint density at radius 3 is 2.28 bits per heavy atom. The highest BCUT2D eigenvalue weighted by Crippen LogP contribution is 2.21. The number of hydrogen-bond acceptors (Lipinski definition) is 2. The lowest BCUT2D eigenvalue weighted by Gasteiger charge is -2.38. The van der Waals surface area contributed by atoms with Gasteiger partial charge in [-0.25, -0.2) is 0 Å². The summed E-state index contributed by atoms with van der Waals surface area (Å²) in [6.45, 7) is 17.7. The quantitative estimate of drug-likeness (QED) is 0.458. The first kappa shape index (κ1) is 15.7. The SMILES string of the molecule is C/C=C\C(C)(C)N(CCN1CC1)CC(CC)CC. The molecule has 0 aliphatic carbocycles. The van der Waals surface area contributed by atoms with E-state index in [0.717, 1.165) is 5.92 Å². The standard InChI is InChI=1S/C16H32N2/c1-6-9-16(4,5)18(13-12-17-10-11-17)14-15(7-2)8-3/h6,9,15H,7-8,10-14H2,1-5H3/b9-6-. The van der Waals surface area contributed by atoms with Crippen LogP contribution in [0.3, 0.4) is 0 Å². The van der Waals surface area contributed by atoms with Crippen molar-refractivity contribution >= 4 is 0 Å². The lowest BCUT2D eigenvalue weighted by molar-refractivity contribution is 0.127. The van der Waals surface area contributed by atoms with Crippen LogP contribution in [0.1, 0.15) is 47.5 Å². The molecule has 0 aromatic rings. The summed E-state index contributed by atoms with van der Waals surface area (Å²) < 4.78 is 0. The van der Waals surface area contributed by atoms with Gasteiger partial charge in [-0.05, 0) is 26.7 Å². The van der Waals surface area contributed by atoms with Gasteiger partial charge < -0.3 is 0 Å². The number of allylic oxidation sites excluding steroid dienone is 1. The van der Waals surface area contributed by atoms with E-state index in [2.05, 4.69) is 56.6 Å². The molecule has 0 unspecified atom stereocenters. The highest BCUT2D eigenvalue weighted by molar-refractivity contribution is 5.01. The third-order valence-corrected chi connectivity index (χ3v) is 4.25. The lowest BCUT2D eigenvalue weighted by atomic mass is 9.96. The third kappa shape index (κ3) is 5.11. The molecule has 0 aromatic heterocycles. The molecule has 106 valence electrons. The molecule has 18 heavy (non-hydrogen) atoms. The maximum Gasteiger partial charge on any atom is 0.0335 e. The zero-order chi connectivity index (χ0) is 13.6. The van der Waals surface area contributed by atoms with Gasteiger partial charge in [0.2, 0.25) is 0 Å². The van der Waals surface area contributed by atoms with Crippen molar-refractivity contribution in [1.29, 1.82) is 0 Å². The minimum atomic E-state index is 0.188. The molecule has 2 nitrogen and oxygen atoms in total. The van der Waals surface area contributed by atoms with E-state index in [4.69, 9.17) is 0 Å². The Bertz CT molecular complexity index is 250. The number of nitrogens with zero attached hydrogens (tertiary/aromatic N) is 2. The summed E-state index contributed by atoms with van der Waals surface area (Å²) >= 11 is 0. The summed E-state index contributed by atoms with van der Waals surface area (Å²) in [5.74, 6) is 0.837. The molecule has 1 heterocycles. The first-order valence-corrected chi connectivity index (χ1v) is 7.64. The molecule has 1 aliphatic heterocycles. The minimum absolute atomic E-state index is 0.188. The molecule has 1 saturated heterocycles. The smallest absolute Gasteiger partial charge is 0.0335 e. The molecule has 0 spiro atoms. The maximum absolute atomic E-state index is 2.67. The topological polar surface area (TPSA) is 6.25 Å². The predicted octanol–water partition coefficient (Wildman–Crippen LogP) is 3.39. The number of rotatable bonds is 9. The maximum atomic E-state index is 2.67. The molecule has 1 aliphatic rings. The van der Waals surface area contributed by atoms with Crippen LogP contribution in [0.2, 0.25) is 0 Å². The fraction of sp³-hybridized carbons (Fsp3) is 0.875. The number of hydrogen-bond donors (Lipinski definition) is 0. The van der Waals surface area contributed by atoms with Crippen LogP contribution in [0.4, 0.5) is 0 Å². The first-order valence-electron chi connectivity index (χ1n) is 7.64. The van der Waals surface area contributed by atoms with E-state index in [0.29, 0.717) is 0 Å². The van der Waals surface area contributed by atoms with Crippen LogP contribution in [0, 0.1) is 5.92 Å². The van der Waals surface area contributed by atoms with Gasteiger partial charge in [-0.15, -0.1) is 0 Å². The molecule has 1 fully saturated rings. The highest BCUT2D eigenvalue weighted by Gasteiger charge is 2.27. The van der Waals surface area contributed by atoms with Crippen LogP contribution in [0.15, 0.2) is 12.2 Å². The van der Waals surface area contributed by atoms with Gasteiger partial charge in [-0.1, -0.05) is 38.8 Å². The van der Waals surface area contributed by atoms with Gasteiger partial charge in [0.25, 0.3) is 0 Å². The Morgan fingerprint density at radius 2 is 1.83 bits per heavy atom. The molecule has 0 radical (unpaired) electrons. The summed E-state index contributed by atoms with van der Waals surface area (Å²) in [6, 6.07) is 0. The summed E-state index contributed by atoms with van der Waals surface area (Å²) in [6.07, 6.45) is 7.13. The highest BCUT2D eigenvalue weighted by atomic mass is 15.3. The summed E-state index contributed by atoms with van der Waals surface area (Å²) in [5, 5.41) is 0. The zero-order valence-electron chi connectivity index (χ0n) is 13.1. The van der Waals surface area contributed by atoms with Gasteiger partial charge in [0.05, 0.1) is 0 Å². The Balaban J connectivity index is 2.59. The average molecular weight is 252 g/mol. The molecule has 0 aromatic carbocycles. The van der Waals surface area contributed by atoms with Crippen molar-refractivity contribution in [3.63, 3.8) is 0 Å². The summed E-state index contributed by atoms with van der Waals surface area (Å²) in [7, 11) is 0. The van der Waals surface area contributed by atoms with Crippen molar-refractivity contribution in [2.45, 2.75) is 53.0 Å². The van der Waals surface area contributed by atoms with Crippen LogP contribution >= 0.6 is 0 Å². The van der Waals surface area contributed by atoms with Gasteiger partial charge in [0, 0.05) is 38.3 Å². The fourth-order valence-electron chi connectivity index (χ4n) is 2.54. The second kappa shape index (κ2) is 7.30. The molecular formula is C16H32N2. The fourth-order valence-corrected chi connectivity index (χ4v) is 2.54. The van der Waals surface area contributed by atoms with Crippen LogP contribution in [0.25, 0.3) is 0 Å². The molecule has 0 amide bonds. The lowest BCUT2D eigenvalue weighted by Crippen LogP contribution is -2.47. The van der Waals surface area contributed by atoms with E-state index < -0.39 is 0 Å². The second-order valence-electron chi connectivity index (χ2n) is 6.12. The van der Waals surface area contributed by atoms with E-state index in [9.17, 15) is 0 Å². The van der Waals surface area contributed by atoms with Gasteiger partial charge in [-0.2, -0.15) is 0 Å². The summed E-state index contributed by atoms with van der Waals surface area (Å²) in [4.78, 5) is 5.19. The predicted molar refractivity (Wildman–Crippen MR) is 81.0 cm³/mol. The Labute approximate surface area is 114 Å². The Morgan fingerprint density at radius 1 is 1.22 bits per heavy atom. The van der Waals surface area contributed by atoms with Crippen molar-refractivity contribution in [3.8, 4) is 0 Å². The Hall–Kier alpha value is -0.340. The van der Waals surface area contributed by atoms with Gasteiger partial charge in [-0.3, -0.25) is 9.80 Å². The van der Waals surface area contributed by atoms with Crippen LogP contribution < -0.4 is 0 Å². The molecule has 2 heteroatoms. The molecule has 1 rings (SSSR count). The second-order valence-corrected chi connectivity index (χ2v) is 6.12. The van der Waals surface area contributed by atoms with Gasteiger partial charge in [0.15, 0.2) is 0 Å². The monoisotopic (exact) mass is 252 g/mol. The van der Waals surface area contributed by atoms with Crippen molar-refractivity contribution in [1.82, 2.24) is 9.80 Å². The third-order valence-electron chi connectivity index (χ3n) is 4.25. The van der Waals surface area contributed by atoms with Crippen LogP contribution in [0.5, 0.6) is 0 Å². The van der Waals surface area contributed by atoms with Crippen LogP contribution in [-0.2, 0) is 0 Å². The van der Waals surface area contributed by atoms with Crippen molar-refractivity contribution in [3.05, 3.63) is 12.2 Å². The first-order chi connectivity index (χ1) is 8.53. The molecule has 0 saturated carbocycles. The summed E-state index contributed by atoms with van der Waals surface area (Å²) in [5.41, 5.74) is 0.188. The van der Waals surface area contributed by atoms with E-state index >= 15 is 0 Å². The van der Waals surface area contributed by atoms with Gasteiger partial charge in [0.1, 0.15) is 0 Å². The Kier molecular flexibility index (Phi) is 6.37. The van der Waals surface area contributed by atoms with Gasteiger partial charge >= 0.3 is 0 Å². The average Bonchev–Trinajstić information content (AvgIpc) is 3.13. The van der Waals surface area contributed by atoms with E-state index in [1.807, 2.05) is 0 Å². The zero-order valence-corrected chi connectivity index (χ0v) is 13.1. The van der Waals surface area contributed by atoms with E-state index in [1.54, 1.807) is 0 Å². The van der Waals surface area contributed by atoms with Crippen LogP contribution in [-0.4, -0.2) is 48.1 Å². The van der Waals surface area contributed by atoms with Crippen molar-refractivity contribution < 1.29 is 0 Å². The largest absolute Gasteiger partial charge is 0.300 e. The molecule has 0 bridgehead atoms. The minimum Gasteiger partial charge on any atom is -0.300 e. The van der Waals surface area contributed by atoms with Crippen molar-refractivity contribution in [2.24, 2.45) is 5.92 Å². The molecule has 0 atom stereocenters. The normalized spacial score (nSPS) is 17.3. The van der Waals surface area contributed by atoms with E-state index in [1.165, 1.54) is 45.6 Å².